The number of carbonyl (C=O) groups excluding carboxylic acids is 1. The van der Waals surface area contributed by atoms with Gasteiger partial charge in [0.25, 0.3) is 0 Å². The quantitative estimate of drug-likeness (QED) is 0.756. The zero-order valence-electron chi connectivity index (χ0n) is 8.20. The van der Waals surface area contributed by atoms with E-state index in [1.807, 2.05) is 11.4 Å². The molecule has 0 saturated heterocycles. The first-order valence-corrected chi connectivity index (χ1v) is 7.41. The second-order valence-electron chi connectivity index (χ2n) is 2.80. The number of ether oxygens (including phenoxy) is 1. The van der Waals surface area contributed by atoms with E-state index < -0.39 is 10.8 Å². The van der Waals surface area contributed by atoms with Gasteiger partial charge in [0.15, 0.2) is 5.78 Å². The number of carbonyl (C=O) groups is 1. The molecule has 0 amide bonds. The molecule has 0 N–H and O–H groups in total. The van der Waals surface area contributed by atoms with Crippen LogP contribution in [0, 0.1) is 0 Å². The van der Waals surface area contributed by atoms with Crippen LogP contribution in [0.5, 0.6) is 0 Å². The first kappa shape index (κ1) is 13.0. The van der Waals surface area contributed by atoms with Crippen LogP contribution >= 0.6 is 27.3 Å². The van der Waals surface area contributed by atoms with Crippen molar-refractivity contribution in [2.24, 2.45) is 0 Å². The van der Waals surface area contributed by atoms with Crippen LogP contribution in [0.4, 0.5) is 0 Å². The molecule has 3 nitrogen and oxygen atoms in total. The van der Waals surface area contributed by atoms with Crippen molar-refractivity contribution in [1.82, 2.24) is 0 Å². The molecule has 1 unspecified atom stereocenters. The molecule has 0 bridgehead atoms. The minimum Gasteiger partial charge on any atom is -0.384 e. The van der Waals surface area contributed by atoms with E-state index >= 15 is 0 Å². The van der Waals surface area contributed by atoms with Gasteiger partial charge in [-0.15, -0.1) is 11.3 Å². The third-order valence-electron chi connectivity index (χ3n) is 1.68. The highest BCUT2D eigenvalue weighted by molar-refractivity contribution is 9.10. The van der Waals surface area contributed by atoms with E-state index in [2.05, 4.69) is 15.9 Å². The van der Waals surface area contributed by atoms with Gasteiger partial charge in [-0.3, -0.25) is 9.00 Å². The van der Waals surface area contributed by atoms with Gasteiger partial charge in [-0.1, -0.05) is 0 Å². The van der Waals surface area contributed by atoms with Crippen molar-refractivity contribution in [2.45, 2.75) is 0 Å². The number of Topliss-reactive ketones (excluding diaryl/α,β-unsaturated/α-hetero) is 1. The van der Waals surface area contributed by atoms with Gasteiger partial charge in [-0.25, -0.2) is 0 Å². The van der Waals surface area contributed by atoms with Crippen molar-refractivity contribution in [3.8, 4) is 0 Å². The number of rotatable bonds is 6. The van der Waals surface area contributed by atoms with Crippen molar-refractivity contribution < 1.29 is 13.7 Å². The van der Waals surface area contributed by atoms with E-state index in [1.54, 1.807) is 7.11 Å². The third-order valence-corrected chi connectivity index (χ3v) is 4.76. The van der Waals surface area contributed by atoms with E-state index in [0.29, 0.717) is 17.2 Å². The Kier molecular flexibility index (Phi) is 5.66. The van der Waals surface area contributed by atoms with Gasteiger partial charge in [0.05, 0.1) is 17.2 Å². The highest BCUT2D eigenvalue weighted by atomic mass is 79.9. The average Bonchev–Trinajstić information content (AvgIpc) is 2.61. The van der Waals surface area contributed by atoms with Crippen molar-refractivity contribution in [3.05, 3.63) is 20.8 Å². The molecule has 0 fully saturated rings. The number of thiophene rings is 1. The summed E-state index contributed by atoms with van der Waals surface area (Å²) in [6.45, 7) is 0.422. The molecular weight excluding hydrogens is 300 g/mol. The maximum absolute atomic E-state index is 11.6. The van der Waals surface area contributed by atoms with Gasteiger partial charge < -0.3 is 4.74 Å². The number of hydrogen-bond donors (Lipinski definition) is 0. The lowest BCUT2D eigenvalue weighted by atomic mass is 10.3. The summed E-state index contributed by atoms with van der Waals surface area (Å²) in [7, 11) is 0.419. The smallest absolute Gasteiger partial charge is 0.186 e. The molecule has 0 spiro atoms. The number of ketones is 1. The second kappa shape index (κ2) is 6.52. The molecule has 0 saturated carbocycles. The summed E-state index contributed by atoms with van der Waals surface area (Å²) >= 11 is 4.64. The maximum atomic E-state index is 11.6. The van der Waals surface area contributed by atoms with Crippen molar-refractivity contribution in [1.29, 1.82) is 0 Å². The average molecular weight is 311 g/mol. The highest BCUT2D eigenvalue weighted by Crippen LogP contribution is 2.23. The van der Waals surface area contributed by atoms with Crippen molar-refractivity contribution in [2.75, 3.05) is 25.2 Å². The Morgan fingerprint density at radius 1 is 1.67 bits per heavy atom. The summed E-state index contributed by atoms with van der Waals surface area (Å²) in [5.41, 5.74) is 0. The Morgan fingerprint density at radius 2 is 2.40 bits per heavy atom. The fourth-order valence-electron chi connectivity index (χ4n) is 0.953. The number of hydrogen-bond acceptors (Lipinski definition) is 4. The Hall–Kier alpha value is -0.0400. The molecule has 84 valence electrons. The molecule has 1 aromatic heterocycles. The predicted molar refractivity (Wildman–Crippen MR) is 66.1 cm³/mol. The van der Waals surface area contributed by atoms with Gasteiger partial charge in [-0.2, -0.15) is 0 Å². The second-order valence-corrected chi connectivity index (χ2v) is 6.15. The molecule has 0 aliphatic rings. The molecule has 1 aromatic rings. The molecular formula is C9H11BrO3S2. The molecule has 15 heavy (non-hydrogen) atoms. The molecule has 0 aliphatic carbocycles. The van der Waals surface area contributed by atoms with Crippen LogP contribution in [0.3, 0.4) is 0 Å². The summed E-state index contributed by atoms with van der Waals surface area (Å²) in [4.78, 5) is 12.3. The minimum absolute atomic E-state index is 0.0719. The van der Waals surface area contributed by atoms with Crippen LogP contribution in [-0.4, -0.2) is 35.2 Å². The van der Waals surface area contributed by atoms with Gasteiger partial charge in [0, 0.05) is 28.1 Å². The fourth-order valence-corrected chi connectivity index (χ4v) is 3.51. The summed E-state index contributed by atoms with van der Waals surface area (Å²) in [6.07, 6.45) is 0. The lowest BCUT2D eigenvalue weighted by Crippen LogP contribution is -2.15. The van der Waals surface area contributed by atoms with Gasteiger partial charge in [0.1, 0.15) is 0 Å². The first-order chi connectivity index (χ1) is 7.15. The van der Waals surface area contributed by atoms with Crippen molar-refractivity contribution >= 4 is 43.8 Å². The summed E-state index contributed by atoms with van der Waals surface area (Å²) in [5, 5.41) is 1.83. The minimum atomic E-state index is -1.13. The third kappa shape index (κ3) is 4.14. The summed E-state index contributed by atoms with van der Waals surface area (Å²) in [6, 6.07) is 1.82. The number of methoxy groups -OCH3 is 1. The molecule has 0 aromatic carbocycles. The molecule has 1 atom stereocenters. The Balaban J connectivity index is 2.49. The van der Waals surface area contributed by atoms with Crippen LogP contribution in [0.15, 0.2) is 15.9 Å². The van der Waals surface area contributed by atoms with Crippen LogP contribution in [0.1, 0.15) is 9.67 Å². The molecule has 1 heterocycles. The lowest BCUT2D eigenvalue weighted by Gasteiger charge is -2.00. The predicted octanol–water partition coefficient (Wildman–Crippen LogP) is 2.09. The van der Waals surface area contributed by atoms with E-state index in [0.717, 1.165) is 4.47 Å². The largest absolute Gasteiger partial charge is 0.384 e. The molecule has 6 heteroatoms. The van der Waals surface area contributed by atoms with Gasteiger partial charge >= 0.3 is 0 Å². The van der Waals surface area contributed by atoms with Gasteiger partial charge in [0.2, 0.25) is 0 Å². The Labute approximate surface area is 103 Å². The van der Waals surface area contributed by atoms with E-state index in [1.165, 1.54) is 11.3 Å². The zero-order valence-corrected chi connectivity index (χ0v) is 11.4. The Morgan fingerprint density at radius 3 is 2.93 bits per heavy atom. The maximum Gasteiger partial charge on any atom is 0.186 e. The normalized spacial score (nSPS) is 12.7. The topological polar surface area (TPSA) is 43.4 Å². The van der Waals surface area contributed by atoms with Crippen LogP contribution in [0.25, 0.3) is 0 Å². The van der Waals surface area contributed by atoms with Gasteiger partial charge in [-0.05, 0) is 27.4 Å². The molecule has 0 radical (unpaired) electrons. The standard InChI is InChI=1S/C9H11BrO3S2/c1-13-3-5-15(12)6-8(11)9-7(10)2-4-14-9/h2,4H,3,5-6H2,1H3. The van der Waals surface area contributed by atoms with Crippen molar-refractivity contribution in [3.63, 3.8) is 0 Å². The highest BCUT2D eigenvalue weighted by Gasteiger charge is 2.14. The molecule has 1 rings (SSSR count). The summed E-state index contributed by atoms with van der Waals surface area (Å²) in [5.74, 6) is 0.402. The van der Waals surface area contributed by atoms with Crippen LogP contribution in [0.2, 0.25) is 0 Å². The van der Waals surface area contributed by atoms with Crippen LogP contribution < -0.4 is 0 Å². The lowest BCUT2D eigenvalue weighted by molar-refractivity contribution is 0.102. The van der Waals surface area contributed by atoms with E-state index in [4.69, 9.17) is 4.74 Å². The fraction of sp³-hybridized carbons (Fsp3) is 0.444. The molecule has 0 aliphatic heterocycles. The Bertz CT molecular complexity index is 362. The SMILES string of the molecule is COCCS(=O)CC(=O)c1sccc1Br. The van der Waals surface area contributed by atoms with E-state index in [-0.39, 0.29) is 11.5 Å². The monoisotopic (exact) mass is 310 g/mol. The zero-order chi connectivity index (χ0) is 11.3. The number of halogens is 1. The van der Waals surface area contributed by atoms with Crippen LogP contribution in [-0.2, 0) is 15.5 Å². The van der Waals surface area contributed by atoms with E-state index in [9.17, 15) is 9.00 Å². The first-order valence-electron chi connectivity index (χ1n) is 4.25. The summed E-state index contributed by atoms with van der Waals surface area (Å²) < 4.78 is 17.0.